The fourth-order valence-electron chi connectivity index (χ4n) is 4.07. The monoisotopic (exact) mass is 440 g/mol. The van der Waals surface area contributed by atoms with Gasteiger partial charge in [-0.25, -0.2) is 0 Å². The number of carbonyl (C=O) groups excluding carboxylic acids is 1. The van der Waals surface area contributed by atoms with E-state index in [1.165, 1.54) is 0 Å². The molecule has 1 amide bonds. The van der Waals surface area contributed by atoms with Crippen molar-refractivity contribution in [3.63, 3.8) is 0 Å². The minimum atomic E-state index is -0.537. The van der Waals surface area contributed by atoms with E-state index in [9.17, 15) is 9.59 Å². The lowest BCUT2D eigenvalue weighted by Gasteiger charge is -2.26. The normalized spacial score (nSPS) is 15.7. The van der Waals surface area contributed by atoms with Crippen molar-refractivity contribution in [2.75, 3.05) is 33.8 Å². The highest BCUT2D eigenvalue weighted by Gasteiger charge is 2.42. The Morgan fingerprint density at radius 1 is 1.16 bits per heavy atom. The number of rotatable bonds is 7. The molecule has 0 bridgehead atoms. The Morgan fingerprint density at radius 2 is 1.97 bits per heavy atom. The minimum absolute atomic E-state index is 0.108. The smallest absolute Gasteiger partial charge is 0.290 e. The Labute approximate surface area is 186 Å². The summed E-state index contributed by atoms with van der Waals surface area (Å²) in [5, 5.41) is 0.821. The molecule has 2 aromatic carbocycles. The molecule has 1 aliphatic heterocycles. The predicted molar refractivity (Wildman–Crippen MR) is 121 cm³/mol. The topological polar surface area (TPSA) is 63.0 Å². The van der Waals surface area contributed by atoms with Crippen LogP contribution >= 0.6 is 11.6 Å². The maximum Gasteiger partial charge on any atom is 0.290 e. The van der Waals surface area contributed by atoms with E-state index in [0.717, 1.165) is 18.5 Å². The molecule has 0 unspecified atom stereocenters. The summed E-state index contributed by atoms with van der Waals surface area (Å²) in [6.07, 6.45) is 0.772. The molecule has 1 aromatic heterocycles. The summed E-state index contributed by atoms with van der Waals surface area (Å²) in [5.41, 5.74) is 1.31. The largest absolute Gasteiger partial charge is 0.494 e. The van der Waals surface area contributed by atoms with Gasteiger partial charge in [0.25, 0.3) is 5.91 Å². The third-order valence-corrected chi connectivity index (χ3v) is 5.65. The number of hydrogen-bond acceptors (Lipinski definition) is 5. The number of fused-ring (bicyclic) bond motifs is 2. The van der Waals surface area contributed by atoms with Crippen molar-refractivity contribution >= 4 is 28.5 Å². The molecule has 4 rings (SSSR count). The van der Waals surface area contributed by atoms with Crippen LogP contribution in [0.5, 0.6) is 5.75 Å². The molecule has 0 saturated heterocycles. The fraction of sp³-hybridized carbons (Fsp3) is 0.333. The van der Waals surface area contributed by atoms with Crippen LogP contribution in [0.2, 0.25) is 5.02 Å². The molecule has 3 aromatic rings. The lowest BCUT2D eigenvalue weighted by molar-refractivity contribution is 0.0722. The zero-order valence-electron chi connectivity index (χ0n) is 17.9. The van der Waals surface area contributed by atoms with E-state index >= 15 is 0 Å². The predicted octanol–water partition coefficient (Wildman–Crippen LogP) is 4.34. The standard InChI is InChI=1S/C24H25ClN2O4/c1-4-30-17-8-5-7-15(13-17)21-20-22(28)18-14-16(25)9-10-19(18)31-23(20)24(29)27(21)12-6-11-26(2)3/h5,7-10,13-14,21H,4,6,11-12H2,1-3H3/t21-/m1/s1. The lowest BCUT2D eigenvalue weighted by atomic mass is 9.98. The Morgan fingerprint density at radius 3 is 2.71 bits per heavy atom. The molecule has 0 radical (unpaired) electrons. The maximum atomic E-state index is 13.5. The van der Waals surface area contributed by atoms with E-state index in [4.69, 9.17) is 20.8 Å². The minimum Gasteiger partial charge on any atom is -0.494 e. The molecule has 31 heavy (non-hydrogen) atoms. The summed E-state index contributed by atoms with van der Waals surface area (Å²) in [5.74, 6) is 0.536. The van der Waals surface area contributed by atoms with Crippen molar-refractivity contribution in [2.24, 2.45) is 0 Å². The summed E-state index contributed by atoms with van der Waals surface area (Å²) < 4.78 is 11.6. The first-order valence-electron chi connectivity index (χ1n) is 10.4. The quantitative estimate of drug-likeness (QED) is 0.546. The second-order valence-electron chi connectivity index (χ2n) is 7.88. The van der Waals surface area contributed by atoms with Gasteiger partial charge in [-0.3, -0.25) is 9.59 Å². The third kappa shape index (κ3) is 4.05. The van der Waals surface area contributed by atoms with E-state index in [-0.39, 0.29) is 17.1 Å². The highest BCUT2D eigenvalue weighted by atomic mass is 35.5. The van der Waals surface area contributed by atoms with Gasteiger partial charge >= 0.3 is 0 Å². The number of halogens is 1. The Balaban J connectivity index is 1.87. The van der Waals surface area contributed by atoms with Crippen LogP contribution in [0.1, 0.15) is 41.1 Å². The molecule has 162 valence electrons. The van der Waals surface area contributed by atoms with Crippen LogP contribution in [0.3, 0.4) is 0 Å². The fourth-order valence-corrected chi connectivity index (χ4v) is 4.24. The zero-order valence-corrected chi connectivity index (χ0v) is 18.6. The molecule has 2 heterocycles. The van der Waals surface area contributed by atoms with Crippen LogP contribution in [0.4, 0.5) is 0 Å². The highest BCUT2D eigenvalue weighted by molar-refractivity contribution is 6.31. The summed E-state index contributed by atoms with van der Waals surface area (Å²) in [6.45, 7) is 3.77. The summed E-state index contributed by atoms with van der Waals surface area (Å²) in [6, 6.07) is 11.9. The number of ether oxygens (including phenoxy) is 1. The van der Waals surface area contributed by atoms with Gasteiger partial charge in [-0.1, -0.05) is 23.7 Å². The van der Waals surface area contributed by atoms with Gasteiger partial charge in [0.2, 0.25) is 5.76 Å². The number of carbonyl (C=O) groups is 1. The molecule has 7 heteroatoms. The Kier molecular flexibility index (Phi) is 6.03. The van der Waals surface area contributed by atoms with Crippen molar-refractivity contribution in [1.82, 2.24) is 9.80 Å². The number of nitrogens with zero attached hydrogens (tertiary/aromatic N) is 2. The number of amides is 1. The van der Waals surface area contributed by atoms with E-state index < -0.39 is 6.04 Å². The first-order valence-corrected chi connectivity index (χ1v) is 10.7. The van der Waals surface area contributed by atoms with Crippen molar-refractivity contribution in [1.29, 1.82) is 0 Å². The number of benzene rings is 2. The van der Waals surface area contributed by atoms with Crippen LogP contribution in [0.15, 0.2) is 51.7 Å². The lowest BCUT2D eigenvalue weighted by Crippen LogP contribution is -2.32. The summed E-state index contributed by atoms with van der Waals surface area (Å²) in [7, 11) is 3.98. The van der Waals surface area contributed by atoms with Gasteiger partial charge in [-0.2, -0.15) is 0 Å². The van der Waals surface area contributed by atoms with E-state index in [2.05, 4.69) is 4.90 Å². The van der Waals surface area contributed by atoms with Crippen LogP contribution in [0, 0.1) is 0 Å². The van der Waals surface area contributed by atoms with Crippen LogP contribution in [0.25, 0.3) is 11.0 Å². The van der Waals surface area contributed by atoms with Gasteiger partial charge in [0.1, 0.15) is 11.3 Å². The first kappa shape index (κ1) is 21.4. The Bertz CT molecular complexity index is 1190. The van der Waals surface area contributed by atoms with Gasteiger partial charge in [0, 0.05) is 11.6 Å². The molecule has 0 spiro atoms. The van der Waals surface area contributed by atoms with Gasteiger partial charge < -0.3 is 19.0 Å². The summed E-state index contributed by atoms with van der Waals surface area (Å²) in [4.78, 5) is 30.6. The van der Waals surface area contributed by atoms with Gasteiger partial charge in [0.15, 0.2) is 5.43 Å². The molecule has 0 aliphatic carbocycles. The highest BCUT2D eigenvalue weighted by Crippen LogP contribution is 2.39. The average molecular weight is 441 g/mol. The maximum absolute atomic E-state index is 13.5. The molecule has 0 fully saturated rings. The van der Waals surface area contributed by atoms with Crippen LogP contribution in [-0.4, -0.2) is 49.5 Å². The van der Waals surface area contributed by atoms with Crippen LogP contribution < -0.4 is 10.2 Å². The van der Waals surface area contributed by atoms with Gasteiger partial charge in [-0.05, 0) is 69.9 Å². The summed E-state index contributed by atoms with van der Waals surface area (Å²) >= 11 is 6.13. The van der Waals surface area contributed by atoms with Gasteiger partial charge in [-0.15, -0.1) is 0 Å². The molecule has 0 N–H and O–H groups in total. The van der Waals surface area contributed by atoms with Crippen molar-refractivity contribution in [2.45, 2.75) is 19.4 Å². The zero-order chi connectivity index (χ0) is 22.1. The molecule has 1 aliphatic rings. The van der Waals surface area contributed by atoms with Crippen molar-refractivity contribution in [3.8, 4) is 5.75 Å². The second-order valence-corrected chi connectivity index (χ2v) is 8.31. The molecule has 0 saturated carbocycles. The van der Waals surface area contributed by atoms with Crippen molar-refractivity contribution < 1.29 is 13.9 Å². The Hall–Kier alpha value is -2.83. The molecular formula is C24H25ClN2O4. The molecular weight excluding hydrogens is 416 g/mol. The van der Waals surface area contributed by atoms with E-state index in [0.29, 0.717) is 40.5 Å². The molecule has 1 atom stereocenters. The van der Waals surface area contributed by atoms with Crippen molar-refractivity contribution in [3.05, 3.63) is 74.6 Å². The third-order valence-electron chi connectivity index (χ3n) is 5.42. The second kappa shape index (κ2) is 8.73. The molecule has 6 nitrogen and oxygen atoms in total. The van der Waals surface area contributed by atoms with E-state index in [1.807, 2.05) is 45.3 Å². The first-order chi connectivity index (χ1) is 14.9. The number of hydrogen-bond donors (Lipinski definition) is 0. The van der Waals surface area contributed by atoms with Gasteiger partial charge in [0.05, 0.1) is 23.6 Å². The average Bonchev–Trinajstić information content (AvgIpc) is 3.01. The van der Waals surface area contributed by atoms with E-state index in [1.54, 1.807) is 23.1 Å². The SMILES string of the molecule is CCOc1cccc([C@@H]2c3c(oc4ccc(Cl)cc4c3=O)C(=O)N2CCCN(C)C)c1. The van der Waals surface area contributed by atoms with Crippen LogP contribution in [-0.2, 0) is 0 Å².